The number of rotatable bonds is 2. The molecule has 0 radical (unpaired) electrons. The fourth-order valence-electron chi connectivity index (χ4n) is 2.41. The van der Waals surface area contributed by atoms with Crippen molar-refractivity contribution in [1.82, 2.24) is 9.78 Å². The highest BCUT2D eigenvalue weighted by atomic mass is 19.4. The molecule has 0 amide bonds. The molecule has 23 heavy (non-hydrogen) atoms. The van der Waals surface area contributed by atoms with E-state index in [9.17, 15) is 18.0 Å². The van der Waals surface area contributed by atoms with Crippen LogP contribution in [0.2, 0.25) is 0 Å². The molecule has 3 aromatic rings. The van der Waals surface area contributed by atoms with E-state index in [1.807, 2.05) is 0 Å². The first kappa shape index (κ1) is 15.1. The van der Waals surface area contributed by atoms with Gasteiger partial charge in [-0.15, -0.1) is 0 Å². The molecule has 2 aromatic carbocycles. The van der Waals surface area contributed by atoms with Gasteiger partial charge in [0.15, 0.2) is 0 Å². The molecule has 3 rings (SSSR count). The van der Waals surface area contributed by atoms with Crippen LogP contribution in [0.25, 0.3) is 16.6 Å². The molecule has 0 fully saturated rings. The molecule has 118 valence electrons. The van der Waals surface area contributed by atoms with Crippen LogP contribution in [0.3, 0.4) is 0 Å². The van der Waals surface area contributed by atoms with E-state index < -0.39 is 17.7 Å². The summed E-state index contributed by atoms with van der Waals surface area (Å²) in [6.07, 6.45) is -4.44. The Kier molecular flexibility index (Phi) is 3.35. The van der Waals surface area contributed by atoms with Crippen LogP contribution in [-0.2, 0) is 6.18 Å². The van der Waals surface area contributed by atoms with Crippen molar-refractivity contribution < 1.29 is 23.1 Å². The summed E-state index contributed by atoms with van der Waals surface area (Å²) in [5, 5.41) is 13.9. The number of benzene rings is 2. The van der Waals surface area contributed by atoms with E-state index in [0.29, 0.717) is 16.6 Å². The zero-order valence-corrected chi connectivity index (χ0v) is 11.9. The number of carbonyl (C=O) groups is 1. The minimum Gasteiger partial charge on any atom is -0.478 e. The number of hydrogen-bond donors (Lipinski definition) is 1. The van der Waals surface area contributed by atoms with Gasteiger partial charge in [0.05, 0.1) is 28.0 Å². The number of nitrogens with zero attached hydrogens (tertiary/aromatic N) is 2. The molecule has 0 saturated heterocycles. The zero-order valence-electron chi connectivity index (χ0n) is 11.9. The van der Waals surface area contributed by atoms with Crippen molar-refractivity contribution in [2.24, 2.45) is 0 Å². The van der Waals surface area contributed by atoms with Gasteiger partial charge in [0.2, 0.25) is 0 Å². The van der Waals surface area contributed by atoms with E-state index in [1.54, 1.807) is 13.0 Å². The molecular weight excluding hydrogens is 309 g/mol. The number of aryl methyl sites for hydroxylation is 1. The molecule has 0 atom stereocenters. The second-order valence-corrected chi connectivity index (χ2v) is 5.08. The van der Waals surface area contributed by atoms with E-state index in [4.69, 9.17) is 5.11 Å². The number of aromatic nitrogens is 2. The molecule has 7 heteroatoms. The Labute approximate surface area is 128 Å². The maximum atomic E-state index is 12.8. The number of carboxylic acid groups (broad SMARTS) is 1. The van der Waals surface area contributed by atoms with Crippen molar-refractivity contribution in [3.05, 3.63) is 59.3 Å². The summed E-state index contributed by atoms with van der Waals surface area (Å²) < 4.78 is 39.9. The molecule has 1 N–H and O–H groups in total. The molecule has 0 aliphatic heterocycles. The monoisotopic (exact) mass is 320 g/mol. The molecule has 0 aliphatic rings. The highest BCUT2D eigenvalue weighted by Crippen LogP contribution is 2.31. The lowest BCUT2D eigenvalue weighted by atomic mass is 10.1. The second-order valence-electron chi connectivity index (χ2n) is 5.08. The van der Waals surface area contributed by atoms with Crippen LogP contribution in [0, 0.1) is 6.92 Å². The van der Waals surface area contributed by atoms with Gasteiger partial charge in [0.25, 0.3) is 0 Å². The summed E-state index contributed by atoms with van der Waals surface area (Å²) in [4.78, 5) is 11.0. The van der Waals surface area contributed by atoms with E-state index in [0.717, 1.165) is 12.1 Å². The van der Waals surface area contributed by atoms with Crippen LogP contribution in [0.15, 0.2) is 42.5 Å². The molecule has 0 saturated carbocycles. The summed E-state index contributed by atoms with van der Waals surface area (Å²) in [5.74, 6) is -1.07. The van der Waals surface area contributed by atoms with Crippen molar-refractivity contribution in [3.63, 3.8) is 0 Å². The van der Waals surface area contributed by atoms with E-state index >= 15 is 0 Å². The molecule has 1 heterocycles. The van der Waals surface area contributed by atoms with Gasteiger partial charge in [-0.25, -0.2) is 9.48 Å². The van der Waals surface area contributed by atoms with Crippen LogP contribution in [0.5, 0.6) is 0 Å². The van der Waals surface area contributed by atoms with Gasteiger partial charge in [-0.1, -0.05) is 6.07 Å². The quantitative estimate of drug-likeness (QED) is 0.775. The predicted molar refractivity (Wildman–Crippen MR) is 77.8 cm³/mol. The lowest BCUT2D eigenvalue weighted by Crippen LogP contribution is -2.06. The molecule has 0 aliphatic carbocycles. The molecule has 1 aromatic heterocycles. The predicted octanol–water partition coefficient (Wildman–Crippen LogP) is 4.05. The van der Waals surface area contributed by atoms with E-state index in [-0.39, 0.29) is 11.3 Å². The van der Waals surface area contributed by atoms with Gasteiger partial charge < -0.3 is 5.11 Å². The maximum absolute atomic E-state index is 12.8. The fraction of sp³-hybridized carbons (Fsp3) is 0.125. The number of halogens is 3. The Morgan fingerprint density at radius 1 is 1.17 bits per heavy atom. The topological polar surface area (TPSA) is 55.1 Å². The minimum absolute atomic E-state index is 0.101. The molecular formula is C16H11F3N2O2. The first-order chi connectivity index (χ1) is 10.8. The highest BCUT2D eigenvalue weighted by Gasteiger charge is 2.30. The Balaban J connectivity index is 2.20. The average molecular weight is 320 g/mol. The van der Waals surface area contributed by atoms with Crippen molar-refractivity contribution in [1.29, 1.82) is 0 Å². The number of aromatic carboxylic acids is 1. The van der Waals surface area contributed by atoms with Crippen LogP contribution in [0.4, 0.5) is 13.2 Å². The lowest BCUT2D eigenvalue weighted by molar-refractivity contribution is -0.137. The Hall–Kier alpha value is -2.83. The third-order valence-electron chi connectivity index (χ3n) is 3.53. The van der Waals surface area contributed by atoms with Crippen molar-refractivity contribution in [2.75, 3.05) is 0 Å². The van der Waals surface area contributed by atoms with E-state index in [1.165, 1.54) is 28.9 Å². The summed E-state index contributed by atoms with van der Waals surface area (Å²) in [5.41, 5.74) is 0.691. The van der Waals surface area contributed by atoms with Crippen LogP contribution >= 0.6 is 0 Å². The van der Waals surface area contributed by atoms with Crippen LogP contribution in [-0.4, -0.2) is 20.9 Å². The third kappa shape index (κ3) is 2.65. The number of fused-ring (bicyclic) bond motifs is 1. The third-order valence-corrected chi connectivity index (χ3v) is 3.53. The van der Waals surface area contributed by atoms with Gasteiger partial charge in [-0.05, 0) is 43.3 Å². The first-order valence-electron chi connectivity index (χ1n) is 6.67. The normalized spacial score (nSPS) is 11.8. The molecule has 4 nitrogen and oxygen atoms in total. The highest BCUT2D eigenvalue weighted by molar-refractivity contribution is 5.94. The molecule has 0 unspecified atom stereocenters. The molecule has 0 bridgehead atoms. The molecule has 0 spiro atoms. The summed E-state index contributed by atoms with van der Waals surface area (Å²) in [7, 11) is 0. The van der Waals surface area contributed by atoms with Crippen molar-refractivity contribution in [3.8, 4) is 5.69 Å². The number of hydrogen-bond acceptors (Lipinski definition) is 2. The van der Waals surface area contributed by atoms with Gasteiger partial charge in [0, 0.05) is 5.39 Å². The Bertz CT molecular complexity index is 913. The maximum Gasteiger partial charge on any atom is 0.416 e. The summed E-state index contributed by atoms with van der Waals surface area (Å²) >= 11 is 0. The summed E-state index contributed by atoms with van der Waals surface area (Å²) in [6.45, 7) is 1.68. The largest absolute Gasteiger partial charge is 0.478 e. The first-order valence-corrected chi connectivity index (χ1v) is 6.67. The lowest BCUT2D eigenvalue weighted by Gasteiger charge is -2.09. The minimum atomic E-state index is -4.44. The van der Waals surface area contributed by atoms with Crippen molar-refractivity contribution in [2.45, 2.75) is 13.1 Å². The standard InChI is InChI=1S/C16H11F3N2O2/c1-9-13-7-10(15(22)23)5-6-14(13)21(20-9)12-4-2-3-11(8-12)16(17,18)19/h2-8H,1H3,(H,22,23). The van der Waals surface area contributed by atoms with Gasteiger partial charge in [-0.3, -0.25) is 0 Å². The smallest absolute Gasteiger partial charge is 0.416 e. The average Bonchev–Trinajstić information content (AvgIpc) is 2.83. The van der Waals surface area contributed by atoms with E-state index in [2.05, 4.69) is 5.10 Å². The number of carboxylic acids is 1. The van der Waals surface area contributed by atoms with Gasteiger partial charge >= 0.3 is 12.1 Å². The zero-order chi connectivity index (χ0) is 16.8. The van der Waals surface area contributed by atoms with Crippen molar-refractivity contribution >= 4 is 16.9 Å². The van der Waals surface area contributed by atoms with Gasteiger partial charge in [0.1, 0.15) is 0 Å². The fourth-order valence-corrected chi connectivity index (χ4v) is 2.41. The SMILES string of the molecule is Cc1nn(-c2cccc(C(F)(F)F)c2)c2ccc(C(=O)O)cc12. The summed E-state index contributed by atoms with van der Waals surface area (Å²) in [6, 6.07) is 9.24. The van der Waals surface area contributed by atoms with Gasteiger partial charge in [-0.2, -0.15) is 18.3 Å². The van der Waals surface area contributed by atoms with Crippen LogP contribution < -0.4 is 0 Å². The second kappa shape index (κ2) is 5.12. The van der Waals surface area contributed by atoms with Crippen LogP contribution in [0.1, 0.15) is 21.6 Å². The number of alkyl halides is 3. The Morgan fingerprint density at radius 2 is 1.91 bits per heavy atom. The Morgan fingerprint density at radius 3 is 2.57 bits per heavy atom.